The van der Waals surface area contributed by atoms with Crippen molar-refractivity contribution >= 4 is 40.1 Å². The minimum atomic E-state index is -0.725. The molecule has 1 aliphatic rings. The van der Waals surface area contributed by atoms with Crippen LogP contribution in [0.2, 0.25) is 0 Å². The predicted molar refractivity (Wildman–Crippen MR) is 80.7 cm³/mol. The third-order valence-electron chi connectivity index (χ3n) is 2.71. The number of nitrogens with zero attached hydrogens (tertiary/aromatic N) is 1. The molecule has 0 radical (unpaired) electrons. The number of benzene rings is 1. The van der Waals surface area contributed by atoms with Crippen LogP contribution in [0.15, 0.2) is 29.4 Å². The van der Waals surface area contributed by atoms with Crippen molar-refractivity contribution < 1.29 is 9.59 Å². The summed E-state index contributed by atoms with van der Waals surface area (Å²) >= 11 is 2.21. The molecule has 5 nitrogen and oxygen atoms in total. The van der Waals surface area contributed by atoms with Crippen LogP contribution < -0.4 is 10.7 Å². The Kier molecular flexibility index (Phi) is 4.52. The van der Waals surface area contributed by atoms with E-state index in [0.717, 1.165) is 22.0 Å². The summed E-state index contributed by atoms with van der Waals surface area (Å²) in [5.74, 6) is -1.35. The molecular weight excluding hydrogens is 357 g/mol. The average Bonchev–Trinajstić information content (AvgIpc) is 3.20. The van der Waals surface area contributed by atoms with Crippen LogP contribution in [-0.2, 0) is 9.59 Å². The summed E-state index contributed by atoms with van der Waals surface area (Å²) in [6, 6.07) is 7.90. The van der Waals surface area contributed by atoms with Crippen molar-refractivity contribution in [1.82, 2.24) is 10.7 Å². The summed E-state index contributed by atoms with van der Waals surface area (Å²) < 4.78 is 1.13. The molecule has 0 atom stereocenters. The Balaban J connectivity index is 1.91. The van der Waals surface area contributed by atoms with Gasteiger partial charge in [-0.2, -0.15) is 5.10 Å². The van der Waals surface area contributed by atoms with Crippen LogP contribution >= 0.6 is 22.6 Å². The van der Waals surface area contributed by atoms with Crippen molar-refractivity contribution in [2.45, 2.75) is 25.8 Å². The second-order valence-electron chi connectivity index (χ2n) is 4.39. The fourth-order valence-corrected chi connectivity index (χ4v) is 1.78. The largest absolute Gasteiger partial charge is 0.345 e. The molecular formula is C13H14IN3O2. The van der Waals surface area contributed by atoms with Gasteiger partial charge in [-0.1, -0.05) is 12.1 Å². The van der Waals surface area contributed by atoms with E-state index in [1.54, 1.807) is 6.92 Å². The van der Waals surface area contributed by atoms with Crippen molar-refractivity contribution in [2.24, 2.45) is 5.10 Å². The number of amides is 2. The van der Waals surface area contributed by atoms with Crippen LogP contribution in [0.4, 0.5) is 0 Å². The zero-order chi connectivity index (χ0) is 13.8. The first kappa shape index (κ1) is 14.0. The van der Waals surface area contributed by atoms with Crippen LogP contribution in [0.25, 0.3) is 0 Å². The minimum absolute atomic E-state index is 0.166. The molecule has 1 aliphatic carbocycles. The van der Waals surface area contributed by atoms with Gasteiger partial charge < -0.3 is 5.32 Å². The first-order valence-electron chi connectivity index (χ1n) is 5.97. The van der Waals surface area contributed by atoms with E-state index in [2.05, 4.69) is 38.4 Å². The van der Waals surface area contributed by atoms with Gasteiger partial charge >= 0.3 is 11.8 Å². The van der Waals surface area contributed by atoms with Crippen molar-refractivity contribution in [3.63, 3.8) is 0 Å². The number of hydrogen-bond donors (Lipinski definition) is 2. The Morgan fingerprint density at radius 3 is 2.42 bits per heavy atom. The van der Waals surface area contributed by atoms with E-state index >= 15 is 0 Å². The van der Waals surface area contributed by atoms with Gasteiger partial charge in [0.2, 0.25) is 0 Å². The molecule has 0 heterocycles. The fraction of sp³-hybridized carbons (Fsp3) is 0.308. The molecule has 2 N–H and O–H groups in total. The zero-order valence-electron chi connectivity index (χ0n) is 10.4. The van der Waals surface area contributed by atoms with Gasteiger partial charge in [-0.05, 0) is 60.1 Å². The molecule has 2 rings (SSSR count). The number of rotatable bonds is 3. The number of hydrazone groups is 1. The molecule has 0 saturated heterocycles. The SMILES string of the molecule is C/C(=N/NC(=O)C(=O)NC1CC1)c1ccc(I)cc1. The summed E-state index contributed by atoms with van der Waals surface area (Å²) in [5.41, 5.74) is 3.83. The summed E-state index contributed by atoms with van der Waals surface area (Å²) in [6.45, 7) is 1.78. The highest BCUT2D eigenvalue weighted by atomic mass is 127. The molecule has 6 heteroatoms. The lowest BCUT2D eigenvalue weighted by Crippen LogP contribution is -2.39. The molecule has 0 aromatic heterocycles. The topological polar surface area (TPSA) is 70.6 Å². The lowest BCUT2D eigenvalue weighted by molar-refractivity contribution is -0.139. The van der Waals surface area contributed by atoms with E-state index < -0.39 is 11.8 Å². The number of halogens is 1. The van der Waals surface area contributed by atoms with Crippen LogP contribution in [0, 0.1) is 3.57 Å². The Labute approximate surface area is 125 Å². The van der Waals surface area contributed by atoms with E-state index in [9.17, 15) is 9.59 Å². The fourth-order valence-electron chi connectivity index (χ4n) is 1.42. The second kappa shape index (κ2) is 6.14. The highest BCUT2D eigenvalue weighted by molar-refractivity contribution is 14.1. The first-order chi connectivity index (χ1) is 9.06. The van der Waals surface area contributed by atoms with E-state index in [1.165, 1.54) is 0 Å². The van der Waals surface area contributed by atoms with Gasteiger partial charge in [-0.15, -0.1) is 0 Å². The van der Waals surface area contributed by atoms with E-state index in [1.807, 2.05) is 24.3 Å². The van der Waals surface area contributed by atoms with Gasteiger partial charge in [0.25, 0.3) is 0 Å². The number of carbonyl (C=O) groups is 2. The van der Waals surface area contributed by atoms with Gasteiger partial charge in [0.1, 0.15) is 0 Å². The Morgan fingerprint density at radius 1 is 1.21 bits per heavy atom. The van der Waals surface area contributed by atoms with Crippen molar-refractivity contribution in [1.29, 1.82) is 0 Å². The standard InChI is InChI=1S/C13H14IN3O2/c1-8(9-2-4-10(14)5-3-9)16-17-13(19)12(18)15-11-6-7-11/h2-5,11H,6-7H2,1H3,(H,15,18)(H,17,19)/b16-8-. The van der Waals surface area contributed by atoms with Crippen LogP contribution in [0.1, 0.15) is 25.3 Å². The molecule has 0 bridgehead atoms. The Hall–Kier alpha value is -1.44. The number of nitrogens with one attached hydrogen (secondary N) is 2. The molecule has 0 aliphatic heterocycles. The van der Waals surface area contributed by atoms with E-state index in [-0.39, 0.29) is 6.04 Å². The molecule has 1 aromatic rings. The molecule has 0 spiro atoms. The highest BCUT2D eigenvalue weighted by Gasteiger charge is 2.26. The van der Waals surface area contributed by atoms with Crippen molar-refractivity contribution in [3.8, 4) is 0 Å². The molecule has 1 fully saturated rings. The molecule has 1 aromatic carbocycles. The average molecular weight is 371 g/mol. The van der Waals surface area contributed by atoms with Crippen LogP contribution in [-0.4, -0.2) is 23.6 Å². The predicted octanol–water partition coefficient (Wildman–Crippen LogP) is 1.41. The van der Waals surface area contributed by atoms with Gasteiger partial charge in [-0.25, -0.2) is 5.43 Å². The quantitative estimate of drug-likeness (QED) is 0.365. The second-order valence-corrected chi connectivity index (χ2v) is 5.64. The van der Waals surface area contributed by atoms with Gasteiger partial charge in [-0.3, -0.25) is 9.59 Å². The van der Waals surface area contributed by atoms with E-state index in [4.69, 9.17) is 0 Å². The number of carbonyl (C=O) groups excluding carboxylic acids is 2. The Morgan fingerprint density at radius 2 is 1.84 bits per heavy atom. The Bertz CT molecular complexity index is 521. The lowest BCUT2D eigenvalue weighted by Gasteiger charge is -2.03. The molecule has 19 heavy (non-hydrogen) atoms. The molecule has 0 unspecified atom stereocenters. The molecule has 2 amide bonds. The van der Waals surface area contributed by atoms with Gasteiger partial charge in [0.05, 0.1) is 5.71 Å². The van der Waals surface area contributed by atoms with E-state index in [0.29, 0.717) is 5.71 Å². The lowest BCUT2D eigenvalue weighted by atomic mass is 10.1. The first-order valence-corrected chi connectivity index (χ1v) is 7.05. The maximum Gasteiger partial charge on any atom is 0.329 e. The maximum absolute atomic E-state index is 11.5. The number of hydrogen-bond acceptors (Lipinski definition) is 3. The summed E-state index contributed by atoms with van der Waals surface area (Å²) in [4.78, 5) is 22.9. The minimum Gasteiger partial charge on any atom is -0.345 e. The highest BCUT2D eigenvalue weighted by Crippen LogP contribution is 2.18. The zero-order valence-corrected chi connectivity index (χ0v) is 12.6. The van der Waals surface area contributed by atoms with Gasteiger partial charge in [0.15, 0.2) is 0 Å². The molecule has 100 valence electrons. The van der Waals surface area contributed by atoms with Crippen molar-refractivity contribution in [3.05, 3.63) is 33.4 Å². The normalized spacial score (nSPS) is 14.9. The summed E-state index contributed by atoms with van der Waals surface area (Å²) in [5, 5.41) is 6.53. The summed E-state index contributed by atoms with van der Waals surface area (Å²) in [7, 11) is 0. The maximum atomic E-state index is 11.5. The third kappa shape index (κ3) is 4.30. The van der Waals surface area contributed by atoms with Crippen LogP contribution in [0.5, 0.6) is 0 Å². The van der Waals surface area contributed by atoms with Crippen molar-refractivity contribution in [2.75, 3.05) is 0 Å². The molecule has 1 saturated carbocycles. The monoisotopic (exact) mass is 371 g/mol. The smallest absolute Gasteiger partial charge is 0.329 e. The third-order valence-corrected chi connectivity index (χ3v) is 3.43. The van der Waals surface area contributed by atoms with Crippen LogP contribution in [0.3, 0.4) is 0 Å². The summed E-state index contributed by atoms with van der Waals surface area (Å²) in [6.07, 6.45) is 1.90. The van der Waals surface area contributed by atoms with Gasteiger partial charge in [0, 0.05) is 9.61 Å².